The van der Waals surface area contributed by atoms with E-state index in [1.165, 1.54) is 17.3 Å². The van der Waals surface area contributed by atoms with Crippen molar-refractivity contribution in [3.05, 3.63) is 36.8 Å². The Labute approximate surface area is 120 Å². The fourth-order valence-corrected chi connectivity index (χ4v) is 1.72. The standard InChI is InChI=1S/C12H14N8O/c1-13-10-17-11(15-5-4-9-3-2-6-21-9)19-12(18-10)20-8-14-7-16-20/h2-3,6-8H,4-5H2,1H3,(H2,13,15,17,18,19). The average molecular weight is 286 g/mol. The molecule has 3 aromatic heterocycles. The lowest BCUT2D eigenvalue weighted by molar-refractivity contribution is 0.512. The third-order valence-corrected chi connectivity index (χ3v) is 2.71. The van der Waals surface area contributed by atoms with Gasteiger partial charge in [0.1, 0.15) is 18.4 Å². The van der Waals surface area contributed by atoms with Crippen LogP contribution in [0.4, 0.5) is 11.9 Å². The van der Waals surface area contributed by atoms with Crippen molar-refractivity contribution in [2.45, 2.75) is 6.42 Å². The van der Waals surface area contributed by atoms with Gasteiger partial charge in [0.15, 0.2) is 0 Å². The summed E-state index contributed by atoms with van der Waals surface area (Å²) in [4.78, 5) is 16.6. The lowest BCUT2D eigenvalue weighted by Gasteiger charge is -2.07. The molecular formula is C12H14N8O. The molecule has 9 heteroatoms. The SMILES string of the molecule is CNc1nc(NCCc2ccco2)nc(-n2cncn2)n1. The normalized spacial score (nSPS) is 10.5. The molecular weight excluding hydrogens is 272 g/mol. The van der Waals surface area contributed by atoms with Crippen LogP contribution in [0.15, 0.2) is 35.5 Å². The molecule has 21 heavy (non-hydrogen) atoms. The van der Waals surface area contributed by atoms with E-state index >= 15 is 0 Å². The molecule has 9 nitrogen and oxygen atoms in total. The first kappa shape index (κ1) is 13.0. The van der Waals surface area contributed by atoms with Gasteiger partial charge in [0.25, 0.3) is 5.95 Å². The van der Waals surface area contributed by atoms with Crippen LogP contribution in [0.5, 0.6) is 0 Å². The molecule has 0 aliphatic carbocycles. The molecule has 0 atom stereocenters. The van der Waals surface area contributed by atoms with Crippen molar-refractivity contribution in [2.75, 3.05) is 24.2 Å². The number of aromatic nitrogens is 6. The number of hydrogen-bond acceptors (Lipinski definition) is 8. The summed E-state index contributed by atoms with van der Waals surface area (Å²) < 4.78 is 6.74. The zero-order valence-electron chi connectivity index (χ0n) is 11.4. The van der Waals surface area contributed by atoms with Crippen LogP contribution < -0.4 is 10.6 Å². The van der Waals surface area contributed by atoms with E-state index in [2.05, 4.69) is 35.7 Å². The van der Waals surface area contributed by atoms with E-state index in [1.54, 1.807) is 13.3 Å². The van der Waals surface area contributed by atoms with E-state index in [4.69, 9.17) is 4.42 Å². The first-order valence-corrected chi connectivity index (χ1v) is 6.40. The summed E-state index contributed by atoms with van der Waals surface area (Å²) in [5.41, 5.74) is 0. The molecule has 0 saturated carbocycles. The van der Waals surface area contributed by atoms with Gasteiger partial charge in [0, 0.05) is 20.0 Å². The second-order valence-electron chi connectivity index (χ2n) is 4.13. The quantitative estimate of drug-likeness (QED) is 0.683. The van der Waals surface area contributed by atoms with E-state index in [0.29, 0.717) is 24.4 Å². The van der Waals surface area contributed by atoms with E-state index in [-0.39, 0.29) is 0 Å². The minimum absolute atomic E-state index is 0.396. The molecule has 108 valence electrons. The second kappa shape index (κ2) is 5.99. The predicted molar refractivity (Wildman–Crippen MR) is 75.2 cm³/mol. The lowest BCUT2D eigenvalue weighted by Crippen LogP contribution is -2.13. The van der Waals surface area contributed by atoms with Crippen LogP contribution in [0.3, 0.4) is 0 Å². The van der Waals surface area contributed by atoms with Gasteiger partial charge in [-0.05, 0) is 12.1 Å². The first-order chi connectivity index (χ1) is 10.3. The molecule has 2 N–H and O–H groups in total. The fourth-order valence-electron chi connectivity index (χ4n) is 1.72. The molecule has 0 fully saturated rings. The summed E-state index contributed by atoms with van der Waals surface area (Å²) in [5.74, 6) is 2.22. The van der Waals surface area contributed by atoms with Gasteiger partial charge in [-0.2, -0.15) is 24.7 Å². The number of rotatable bonds is 6. The maximum Gasteiger partial charge on any atom is 0.258 e. The minimum Gasteiger partial charge on any atom is -0.469 e. The highest BCUT2D eigenvalue weighted by molar-refractivity contribution is 5.37. The van der Waals surface area contributed by atoms with Gasteiger partial charge >= 0.3 is 0 Å². The summed E-state index contributed by atoms with van der Waals surface area (Å²) in [6.45, 7) is 0.650. The van der Waals surface area contributed by atoms with Crippen LogP contribution in [0.1, 0.15) is 5.76 Å². The van der Waals surface area contributed by atoms with Crippen LogP contribution in [0.2, 0.25) is 0 Å². The molecule has 3 rings (SSSR count). The van der Waals surface area contributed by atoms with Crippen molar-refractivity contribution in [2.24, 2.45) is 0 Å². The monoisotopic (exact) mass is 286 g/mol. The maximum atomic E-state index is 5.27. The van der Waals surface area contributed by atoms with Gasteiger partial charge in [-0.25, -0.2) is 4.98 Å². The Bertz CT molecular complexity index is 679. The highest BCUT2D eigenvalue weighted by Gasteiger charge is 2.08. The summed E-state index contributed by atoms with van der Waals surface area (Å²) in [7, 11) is 1.74. The number of nitrogens with one attached hydrogen (secondary N) is 2. The van der Waals surface area contributed by atoms with Crippen molar-refractivity contribution < 1.29 is 4.42 Å². The largest absolute Gasteiger partial charge is 0.469 e. The third kappa shape index (κ3) is 3.14. The van der Waals surface area contributed by atoms with Crippen molar-refractivity contribution in [1.82, 2.24) is 29.7 Å². The van der Waals surface area contributed by atoms with Crippen LogP contribution in [0, 0.1) is 0 Å². The Hall–Kier alpha value is -2.97. The van der Waals surface area contributed by atoms with Gasteiger partial charge in [-0.3, -0.25) is 0 Å². The predicted octanol–water partition coefficient (Wildman–Crippen LogP) is 0.742. The molecule has 0 amide bonds. The van der Waals surface area contributed by atoms with Gasteiger partial charge in [0.05, 0.1) is 6.26 Å². The Morgan fingerprint density at radius 2 is 2.14 bits per heavy atom. The molecule has 0 aliphatic heterocycles. The van der Waals surface area contributed by atoms with E-state index < -0.39 is 0 Å². The van der Waals surface area contributed by atoms with Gasteiger partial charge in [0.2, 0.25) is 11.9 Å². The van der Waals surface area contributed by atoms with Gasteiger partial charge in [-0.15, -0.1) is 0 Å². The Morgan fingerprint density at radius 1 is 1.24 bits per heavy atom. The number of furan rings is 1. The molecule has 0 bridgehead atoms. The lowest BCUT2D eigenvalue weighted by atomic mass is 10.3. The second-order valence-corrected chi connectivity index (χ2v) is 4.13. The number of nitrogens with zero attached hydrogens (tertiary/aromatic N) is 6. The highest BCUT2D eigenvalue weighted by Crippen LogP contribution is 2.08. The zero-order chi connectivity index (χ0) is 14.5. The van der Waals surface area contributed by atoms with E-state index in [9.17, 15) is 0 Å². The van der Waals surface area contributed by atoms with Crippen LogP contribution in [0.25, 0.3) is 5.95 Å². The topological polar surface area (TPSA) is 107 Å². The zero-order valence-corrected chi connectivity index (χ0v) is 11.4. The molecule has 3 aromatic rings. The smallest absolute Gasteiger partial charge is 0.258 e. The van der Waals surface area contributed by atoms with Gasteiger partial charge in [-0.1, -0.05) is 0 Å². The first-order valence-electron chi connectivity index (χ1n) is 6.40. The Balaban J connectivity index is 1.73. The van der Waals surface area contributed by atoms with Crippen molar-refractivity contribution in [1.29, 1.82) is 0 Å². The van der Waals surface area contributed by atoms with Crippen molar-refractivity contribution in [3.63, 3.8) is 0 Å². The highest BCUT2D eigenvalue weighted by atomic mass is 16.3. The van der Waals surface area contributed by atoms with Crippen LogP contribution in [-0.2, 0) is 6.42 Å². The number of anilines is 2. The fraction of sp³-hybridized carbons (Fsp3) is 0.250. The molecule has 0 saturated heterocycles. The van der Waals surface area contributed by atoms with Crippen LogP contribution >= 0.6 is 0 Å². The Kier molecular flexibility index (Phi) is 3.72. The number of hydrogen-bond donors (Lipinski definition) is 2. The van der Waals surface area contributed by atoms with Crippen molar-refractivity contribution >= 4 is 11.9 Å². The maximum absolute atomic E-state index is 5.27. The molecule has 0 aromatic carbocycles. The summed E-state index contributed by atoms with van der Waals surface area (Å²) >= 11 is 0. The third-order valence-electron chi connectivity index (χ3n) is 2.71. The molecule has 0 unspecified atom stereocenters. The van der Waals surface area contributed by atoms with E-state index in [0.717, 1.165) is 12.2 Å². The van der Waals surface area contributed by atoms with Crippen LogP contribution in [-0.4, -0.2) is 43.3 Å². The average Bonchev–Trinajstić information content (AvgIpc) is 3.20. The summed E-state index contributed by atoms with van der Waals surface area (Å²) in [6, 6.07) is 3.79. The Morgan fingerprint density at radius 3 is 2.86 bits per heavy atom. The molecule has 3 heterocycles. The molecule has 0 radical (unpaired) electrons. The van der Waals surface area contributed by atoms with Gasteiger partial charge < -0.3 is 15.1 Å². The minimum atomic E-state index is 0.396. The molecule has 0 aliphatic rings. The summed E-state index contributed by atoms with van der Waals surface area (Å²) in [6.07, 6.45) is 5.35. The molecule has 0 spiro atoms. The van der Waals surface area contributed by atoms with E-state index in [1.807, 2.05) is 12.1 Å². The van der Waals surface area contributed by atoms with Crippen molar-refractivity contribution in [3.8, 4) is 5.95 Å². The summed E-state index contributed by atoms with van der Waals surface area (Å²) in [5, 5.41) is 10.0.